The first-order valence-corrected chi connectivity index (χ1v) is 5.80. The van der Waals surface area contributed by atoms with Gasteiger partial charge in [0.15, 0.2) is 0 Å². The maximum Gasteiger partial charge on any atom is 0.123 e. The van der Waals surface area contributed by atoms with Crippen molar-refractivity contribution < 1.29 is 4.39 Å². The highest BCUT2D eigenvalue weighted by molar-refractivity contribution is 5.25. The Bertz CT molecular complexity index is 367. The van der Waals surface area contributed by atoms with Gasteiger partial charge in [-0.1, -0.05) is 12.1 Å². The van der Waals surface area contributed by atoms with Crippen molar-refractivity contribution in [3.8, 4) is 0 Å². The quantitative estimate of drug-likeness (QED) is 0.781. The molecule has 1 fully saturated rings. The van der Waals surface area contributed by atoms with Gasteiger partial charge < -0.3 is 10.2 Å². The Morgan fingerprint density at radius 1 is 1.44 bits per heavy atom. The molecule has 1 unspecified atom stereocenters. The third-order valence-corrected chi connectivity index (χ3v) is 3.28. The van der Waals surface area contributed by atoms with Crippen LogP contribution in [0.1, 0.15) is 18.9 Å². The molecule has 16 heavy (non-hydrogen) atoms. The number of nitrogens with one attached hydrogen (secondary N) is 1. The molecule has 1 saturated heterocycles. The maximum absolute atomic E-state index is 13.2. The van der Waals surface area contributed by atoms with E-state index in [1.165, 1.54) is 6.07 Å². The summed E-state index contributed by atoms with van der Waals surface area (Å²) >= 11 is 0. The van der Waals surface area contributed by atoms with Gasteiger partial charge >= 0.3 is 0 Å². The van der Waals surface area contributed by atoms with Crippen LogP contribution in [-0.2, 0) is 5.54 Å². The minimum Gasteiger partial charge on any atom is -0.306 e. The van der Waals surface area contributed by atoms with Gasteiger partial charge in [-0.05, 0) is 51.2 Å². The Morgan fingerprint density at radius 3 is 3.00 bits per heavy atom. The minimum atomic E-state index is -0.160. The standard InChI is InChI=1S/C13H19FN2/c1-13(10-16(2)8-4-7-15-13)11-5-3-6-12(14)9-11/h3,5-6,9,15H,4,7-8,10H2,1-2H3. The highest BCUT2D eigenvalue weighted by atomic mass is 19.1. The number of likely N-dealkylation sites (N-methyl/N-ethyl adjacent to an activating group) is 1. The zero-order valence-corrected chi connectivity index (χ0v) is 9.96. The van der Waals surface area contributed by atoms with Crippen molar-refractivity contribution in [2.45, 2.75) is 18.9 Å². The molecule has 88 valence electrons. The maximum atomic E-state index is 13.2. The Kier molecular flexibility index (Phi) is 3.26. The van der Waals surface area contributed by atoms with Gasteiger partial charge in [-0.3, -0.25) is 0 Å². The van der Waals surface area contributed by atoms with Gasteiger partial charge in [0.25, 0.3) is 0 Å². The van der Waals surface area contributed by atoms with Crippen molar-refractivity contribution >= 4 is 0 Å². The van der Waals surface area contributed by atoms with Crippen LogP contribution in [0.25, 0.3) is 0 Å². The molecule has 2 nitrogen and oxygen atoms in total. The predicted octanol–water partition coefficient (Wildman–Crippen LogP) is 1.97. The lowest BCUT2D eigenvalue weighted by atomic mass is 9.91. The molecule has 1 aromatic carbocycles. The topological polar surface area (TPSA) is 15.3 Å². The highest BCUT2D eigenvalue weighted by Gasteiger charge is 2.29. The van der Waals surface area contributed by atoms with Crippen molar-refractivity contribution in [2.24, 2.45) is 0 Å². The van der Waals surface area contributed by atoms with Gasteiger partial charge in [-0.15, -0.1) is 0 Å². The number of nitrogens with zero attached hydrogens (tertiary/aromatic N) is 1. The van der Waals surface area contributed by atoms with E-state index >= 15 is 0 Å². The number of benzene rings is 1. The van der Waals surface area contributed by atoms with E-state index in [4.69, 9.17) is 0 Å². The van der Waals surface area contributed by atoms with Crippen LogP contribution in [-0.4, -0.2) is 31.6 Å². The molecule has 0 aromatic heterocycles. The van der Waals surface area contributed by atoms with Crippen LogP contribution in [0.3, 0.4) is 0 Å². The van der Waals surface area contributed by atoms with E-state index in [1.807, 2.05) is 6.07 Å². The van der Waals surface area contributed by atoms with Gasteiger partial charge in [-0.25, -0.2) is 4.39 Å². The molecule has 0 spiro atoms. The number of halogens is 1. The fourth-order valence-corrected chi connectivity index (χ4v) is 2.41. The van der Waals surface area contributed by atoms with Crippen LogP contribution >= 0.6 is 0 Å². The van der Waals surface area contributed by atoms with Gasteiger partial charge in [0.05, 0.1) is 5.54 Å². The second-order valence-electron chi connectivity index (χ2n) is 4.86. The van der Waals surface area contributed by atoms with E-state index in [9.17, 15) is 4.39 Å². The number of hydrogen-bond donors (Lipinski definition) is 1. The van der Waals surface area contributed by atoms with Crippen LogP contribution in [0.4, 0.5) is 4.39 Å². The fourth-order valence-electron chi connectivity index (χ4n) is 2.41. The second-order valence-corrected chi connectivity index (χ2v) is 4.86. The first kappa shape index (κ1) is 11.6. The molecular formula is C13H19FN2. The molecule has 3 heteroatoms. The molecule has 0 saturated carbocycles. The van der Waals surface area contributed by atoms with Crippen LogP contribution < -0.4 is 5.32 Å². The summed E-state index contributed by atoms with van der Waals surface area (Å²) in [6, 6.07) is 6.90. The minimum absolute atomic E-state index is 0.145. The monoisotopic (exact) mass is 222 g/mol. The Morgan fingerprint density at radius 2 is 2.25 bits per heavy atom. The Balaban J connectivity index is 2.28. The average molecular weight is 222 g/mol. The van der Waals surface area contributed by atoms with E-state index < -0.39 is 0 Å². The van der Waals surface area contributed by atoms with Crippen LogP contribution in [0, 0.1) is 5.82 Å². The molecule has 1 aliphatic rings. The number of rotatable bonds is 1. The summed E-state index contributed by atoms with van der Waals surface area (Å²) in [5, 5.41) is 3.52. The van der Waals surface area contributed by atoms with E-state index in [1.54, 1.807) is 12.1 Å². The third kappa shape index (κ3) is 2.42. The molecular weight excluding hydrogens is 203 g/mol. The van der Waals surface area contributed by atoms with E-state index in [-0.39, 0.29) is 11.4 Å². The molecule has 2 rings (SSSR count). The normalized spacial score (nSPS) is 27.7. The van der Waals surface area contributed by atoms with Gasteiger partial charge in [0, 0.05) is 6.54 Å². The summed E-state index contributed by atoms with van der Waals surface area (Å²) < 4.78 is 13.2. The van der Waals surface area contributed by atoms with E-state index in [0.717, 1.165) is 31.6 Å². The lowest BCUT2D eigenvalue weighted by molar-refractivity contribution is 0.259. The molecule has 0 bridgehead atoms. The predicted molar refractivity (Wildman–Crippen MR) is 63.9 cm³/mol. The first-order valence-electron chi connectivity index (χ1n) is 5.80. The van der Waals surface area contributed by atoms with Crippen LogP contribution in [0.2, 0.25) is 0 Å². The van der Waals surface area contributed by atoms with Crippen molar-refractivity contribution in [3.63, 3.8) is 0 Å². The average Bonchev–Trinajstić information content (AvgIpc) is 2.41. The zero-order chi connectivity index (χ0) is 11.6. The zero-order valence-electron chi connectivity index (χ0n) is 9.96. The van der Waals surface area contributed by atoms with Crippen molar-refractivity contribution in [1.29, 1.82) is 0 Å². The third-order valence-electron chi connectivity index (χ3n) is 3.28. The smallest absolute Gasteiger partial charge is 0.123 e. The summed E-state index contributed by atoms with van der Waals surface area (Å²) in [6.07, 6.45) is 1.14. The van der Waals surface area contributed by atoms with Gasteiger partial charge in [0.1, 0.15) is 5.82 Å². The second kappa shape index (κ2) is 4.52. The molecule has 0 aliphatic carbocycles. The van der Waals surface area contributed by atoms with Crippen molar-refractivity contribution in [2.75, 3.05) is 26.7 Å². The summed E-state index contributed by atoms with van der Waals surface area (Å²) in [5.74, 6) is -0.160. The molecule has 0 radical (unpaired) electrons. The molecule has 1 N–H and O–H groups in total. The van der Waals surface area contributed by atoms with E-state index in [2.05, 4.69) is 24.2 Å². The van der Waals surface area contributed by atoms with Gasteiger partial charge in [0.2, 0.25) is 0 Å². The molecule has 0 amide bonds. The largest absolute Gasteiger partial charge is 0.306 e. The lowest BCUT2D eigenvalue weighted by Gasteiger charge is -2.32. The summed E-state index contributed by atoms with van der Waals surface area (Å²) in [4.78, 5) is 2.30. The fraction of sp³-hybridized carbons (Fsp3) is 0.538. The van der Waals surface area contributed by atoms with Crippen molar-refractivity contribution in [1.82, 2.24) is 10.2 Å². The number of hydrogen-bond acceptors (Lipinski definition) is 2. The Labute approximate surface area is 96.5 Å². The first-order chi connectivity index (χ1) is 7.60. The highest BCUT2D eigenvalue weighted by Crippen LogP contribution is 2.24. The van der Waals surface area contributed by atoms with E-state index in [0.29, 0.717) is 0 Å². The molecule has 1 aliphatic heterocycles. The SMILES string of the molecule is CN1CCCNC(C)(c2cccc(F)c2)C1. The molecule has 1 heterocycles. The lowest BCUT2D eigenvalue weighted by Crippen LogP contribution is -2.45. The van der Waals surface area contributed by atoms with Crippen LogP contribution in [0.15, 0.2) is 24.3 Å². The molecule has 1 atom stereocenters. The molecule has 1 aromatic rings. The van der Waals surface area contributed by atoms with Gasteiger partial charge in [-0.2, -0.15) is 0 Å². The summed E-state index contributed by atoms with van der Waals surface area (Å²) in [7, 11) is 2.12. The van der Waals surface area contributed by atoms with Crippen molar-refractivity contribution in [3.05, 3.63) is 35.6 Å². The summed E-state index contributed by atoms with van der Waals surface area (Å²) in [6.45, 7) is 5.13. The summed E-state index contributed by atoms with van der Waals surface area (Å²) in [5.41, 5.74) is 0.883. The van der Waals surface area contributed by atoms with Crippen LogP contribution in [0.5, 0.6) is 0 Å². The Hall–Kier alpha value is -0.930.